The summed E-state index contributed by atoms with van der Waals surface area (Å²) >= 11 is 1.01. The number of fused-ring (bicyclic) bond motifs is 1. The highest BCUT2D eigenvalue weighted by molar-refractivity contribution is 7.89. The van der Waals surface area contributed by atoms with E-state index in [4.69, 9.17) is 0 Å². The lowest BCUT2D eigenvalue weighted by Crippen LogP contribution is -2.38. The predicted octanol–water partition coefficient (Wildman–Crippen LogP) is 5.13. The van der Waals surface area contributed by atoms with Crippen molar-refractivity contribution < 1.29 is 26.7 Å². The minimum atomic E-state index is -4.30. The van der Waals surface area contributed by atoms with Crippen LogP contribution >= 0.6 is 11.3 Å². The summed E-state index contributed by atoms with van der Waals surface area (Å²) in [6.07, 6.45) is -2.17. The van der Waals surface area contributed by atoms with Gasteiger partial charge in [-0.3, -0.25) is 0 Å². The summed E-state index contributed by atoms with van der Waals surface area (Å²) in [6.45, 7) is 0.602. The molecule has 2 heterocycles. The minimum absolute atomic E-state index is 0.000718. The molecule has 1 aliphatic carbocycles. The Kier molecular flexibility index (Phi) is 8.38. The first-order valence-corrected chi connectivity index (χ1v) is 16.0. The van der Waals surface area contributed by atoms with Crippen molar-refractivity contribution in [2.75, 3.05) is 18.2 Å². The normalized spacial score (nSPS) is 19.6. The number of aromatic nitrogens is 2. The third-order valence-electron chi connectivity index (χ3n) is 7.30. The molecule has 0 saturated heterocycles. The fraction of sp³-hybridized carbons (Fsp3) is 0.379. The summed E-state index contributed by atoms with van der Waals surface area (Å²) in [5.41, 5.74) is 3.76. The lowest BCUT2D eigenvalue weighted by molar-refractivity contribution is -0.126. The van der Waals surface area contributed by atoms with Crippen LogP contribution in [0.3, 0.4) is 0 Å². The fourth-order valence-corrected chi connectivity index (χ4v) is 7.22. The summed E-state index contributed by atoms with van der Waals surface area (Å²) in [5, 5.41) is 14.9. The number of benzene rings is 2. The van der Waals surface area contributed by atoms with Crippen LogP contribution in [0.2, 0.25) is 0 Å². The Morgan fingerprint density at radius 1 is 1.05 bits per heavy atom. The Hall–Kier alpha value is -3.06. The van der Waals surface area contributed by atoms with Gasteiger partial charge in [-0.25, -0.2) is 18.4 Å². The first-order valence-electron chi connectivity index (χ1n) is 13.1. The Bertz CT molecular complexity index is 1620. The summed E-state index contributed by atoms with van der Waals surface area (Å²) in [5.74, 6) is 0.515. The van der Waals surface area contributed by atoms with Crippen molar-refractivity contribution in [3.63, 3.8) is 0 Å². The number of aliphatic hydroxyl groups is 1. The maximum absolute atomic E-state index is 12.9. The Balaban J connectivity index is 1.21. The summed E-state index contributed by atoms with van der Waals surface area (Å²) in [7, 11) is -1.31. The molecule has 0 bridgehead atoms. The van der Waals surface area contributed by atoms with E-state index in [1.165, 1.54) is 18.6 Å². The van der Waals surface area contributed by atoms with Crippen LogP contribution in [0.15, 0.2) is 60.9 Å². The van der Waals surface area contributed by atoms with Gasteiger partial charge in [-0.15, -0.1) is 11.3 Å². The summed E-state index contributed by atoms with van der Waals surface area (Å²) in [6, 6.07) is 16.9. The molecule has 2 aromatic heterocycles. The third kappa shape index (κ3) is 7.42. The van der Waals surface area contributed by atoms with E-state index in [1.54, 1.807) is 0 Å². The van der Waals surface area contributed by atoms with E-state index in [0.717, 1.165) is 33.6 Å². The van der Waals surface area contributed by atoms with Gasteiger partial charge in [-0.05, 0) is 41.2 Å². The lowest BCUT2D eigenvalue weighted by atomic mass is 10.0. The molecule has 0 spiro atoms. The van der Waals surface area contributed by atoms with Crippen molar-refractivity contribution in [1.29, 1.82) is 0 Å². The van der Waals surface area contributed by atoms with Crippen LogP contribution in [0.25, 0.3) is 21.3 Å². The number of alkyl halides is 3. The number of halogens is 3. The molecule has 41 heavy (non-hydrogen) atoms. The van der Waals surface area contributed by atoms with E-state index >= 15 is 0 Å². The molecule has 1 fully saturated rings. The van der Waals surface area contributed by atoms with Gasteiger partial charge in [0.2, 0.25) is 0 Å². The molecule has 1 aliphatic rings. The molecular formula is C29H31F3N4O3S2. The number of nitrogens with one attached hydrogen (secondary N) is 1. The first-order chi connectivity index (χ1) is 19.3. The second-order valence-electron chi connectivity index (χ2n) is 10.7. The van der Waals surface area contributed by atoms with Crippen molar-refractivity contribution in [3.05, 3.63) is 76.9 Å². The fourth-order valence-electron chi connectivity index (χ4n) is 5.41. The summed E-state index contributed by atoms with van der Waals surface area (Å²) in [4.78, 5) is 11.0. The number of hydrogen-bond acceptors (Lipinski definition) is 8. The lowest BCUT2D eigenvalue weighted by Gasteiger charge is -2.28. The van der Waals surface area contributed by atoms with Crippen LogP contribution in [0.4, 0.5) is 19.0 Å². The predicted molar refractivity (Wildman–Crippen MR) is 156 cm³/mol. The maximum atomic E-state index is 12.9. The summed E-state index contributed by atoms with van der Waals surface area (Å²) < 4.78 is 62.1. The van der Waals surface area contributed by atoms with Gasteiger partial charge in [0, 0.05) is 30.8 Å². The number of likely N-dealkylation sites (N-methyl/N-ethyl adjacent to an activating group) is 1. The Morgan fingerprint density at radius 3 is 2.51 bits per heavy atom. The molecule has 7 nitrogen and oxygen atoms in total. The molecule has 218 valence electrons. The van der Waals surface area contributed by atoms with Gasteiger partial charge < -0.3 is 15.3 Å². The van der Waals surface area contributed by atoms with E-state index in [-0.39, 0.29) is 22.7 Å². The van der Waals surface area contributed by atoms with Crippen molar-refractivity contribution in [2.24, 2.45) is 0 Å². The van der Waals surface area contributed by atoms with Crippen molar-refractivity contribution in [2.45, 2.75) is 55.9 Å². The van der Waals surface area contributed by atoms with Crippen LogP contribution in [0.5, 0.6) is 0 Å². The minimum Gasteiger partial charge on any atom is -0.391 e. The SMILES string of the molecule is CN(c1ncnc2sc(CC(F)(F)F)cc12)[C@H]1C[C@@H](NCc2ccc(-c3cccc(CS(C)(=O)=O)c3)cc2)C[C@H]1O. The zero-order chi connectivity index (χ0) is 29.4. The molecule has 2 aromatic carbocycles. The van der Waals surface area contributed by atoms with Gasteiger partial charge in [-0.1, -0.05) is 48.5 Å². The Morgan fingerprint density at radius 2 is 1.80 bits per heavy atom. The molecule has 0 amide bonds. The average molecular weight is 605 g/mol. The molecule has 12 heteroatoms. The second kappa shape index (κ2) is 11.7. The molecule has 3 atom stereocenters. The molecule has 2 N–H and O–H groups in total. The highest BCUT2D eigenvalue weighted by atomic mass is 32.2. The van der Waals surface area contributed by atoms with Gasteiger partial charge in [0.15, 0.2) is 9.84 Å². The number of hydrogen-bond donors (Lipinski definition) is 2. The van der Waals surface area contributed by atoms with Crippen LogP contribution in [-0.4, -0.2) is 61.2 Å². The number of anilines is 1. The zero-order valence-corrected chi connectivity index (χ0v) is 24.2. The molecule has 0 aliphatic heterocycles. The monoisotopic (exact) mass is 604 g/mol. The molecule has 0 unspecified atom stereocenters. The van der Waals surface area contributed by atoms with E-state index in [2.05, 4.69) is 15.3 Å². The van der Waals surface area contributed by atoms with Gasteiger partial charge in [0.05, 0.1) is 29.7 Å². The largest absolute Gasteiger partial charge is 0.393 e. The van der Waals surface area contributed by atoms with Gasteiger partial charge in [0.1, 0.15) is 17.0 Å². The topological polar surface area (TPSA) is 95.4 Å². The highest BCUT2D eigenvalue weighted by Gasteiger charge is 2.37. The highest BCUT2D eigenvalue weighted by Crippen LogP contribution is 2.36. The molecule has 5 rings (SSSR count). The quantitative estimate of drug-likeness (QED) is 0.274. The second-order valence-corrected chi connectivity index (χ2v) is 13.9. The molecular weight excluding hydrogens is 573 g/mol. The molecule has 1 saturated carbocycles. The zero-order valence-electron chi connectivity index (χ0n) is 22.6. The van der Waals surface area contributed by atoms with Crippen molar-refractivity contribution in [3.8, 4) is 11.1 Å². The third-order valence-corrected chi connectivity index (χ3v) is 9.20. The number of sulfone groups is 1. The number of thiophene rings is 1. The number of aliphatic hydroxyl groups excluding tert-OH is 1. The standard InChI is InChI=1S/C29H31F3N4O3S2/c1-36(27-24-13-23(14-29(30,31)32)40-28(24)35-17-34-27)25-11-22(12-26(25)37)33-15-18-6-8-20(9-7-18)21-5-3-4-19(10-21)16-41(2,38)39/h3-10,13,17,22,25-26,33,37H,11-12,14-16H2,1-2H3/t22-,25+,26-/m1/s1. The van der Waals surface area contributed by atoms with Crippen molar-refractivity contribution >= 4 is 37.2 Å². The van der Waals surface area contributed by atoms with Crippen molar-refractivity contribution in [1.82, 2.24) is 15.3 Å². The maximum Gasteiger partial charge on any atom is 0.393 e. The van der Waals surface area contributed by atoms with E-state index in [1.807, 2.05) is 60.5 Å². The van der Waals surface area contributed by atoms with E-state index < -0.39 is 28.5 Å². The van der Waals surface area contributed by atoms with Crippen LogP contribution in [0.1, 0.15) is 28.8 Å². The number of nitrogens with zero attached hydrogens (tertiary/aromatic N) is 3. The van der Waals surface area contributed by atoms with Crippen LogP contribution in [0, 0.1) is 0 Å². The molecule has 4 aromatic rings. The van der Waals surface area contributed by atoms with Gasteiger partial charge in [-0.2, -0.15) is 13.2 Å². The van der Waals surface area contributed by atoms with Crippen LogP contribution < -0.4 is 10.2 Å². The molecule has 0 radical (unpaired) electrons. The Labute approximate surface area is 241 Å². The van der Waals surface area contributed by atoms with Gasteiger partial charge in [0.25, 0.3) is 0 Å². The van der Waals surface area contributed by atoms with E-state index in [9.17, 15) is 26.7 Å². The first kappa shape index (κ1) is 29.4. The number of rotatable bonds is 9. The van der Waals surface area contributed by atoms with Crippen LogP contribution in [-0.2, 0) is 28.6 Å². The van der Waals surface area contributed by atoms with Gasteiger partial charge >= 0.3 is 6.18 Å². The smallest absolute Gasteiger partial charge is 0.391 e. The van der Waals surface area contributed by atoms with E-state index in [0.29, 0.717) is 35.4 Å². The average Bonchev–Trinajstić information content (AvgIpc) is 3.47.